The lowest BCUT2D eigenvalue weighted by molar-refractivity contribution is -0.394. The largest absolute Gasteiger partial charge is 0.465 e. The molecule has 4 aliphatic carbocycles. The van der Waals surface area contributed by atoms with Crippen LogP contribution >= 0.6 is 0 Å². The first-order valence-corrected chi connectivity index (χ1v) is 15.9. The summed E-state index contributed by atoms with van der Waals surface area (Å²) in [5.41, 5.74) is -1.98. The number of rotatable bonds is 11. The molecule has 4 unspecified atom stereocenters. The van der Waals surface area contributed by atoms with E-state index in [4.69, 9.17) is 18.8 Å². The Balaban J connectivity index is 1.62. The van der Waals surface area contributed by atoms with Crippen LogP contribution in [0.2, 0.25) is 0 Å². The van der Waals surface area contributed by atoms with Gasteiger partial charge in [0.15, 0.2) is 25.1 Å². The van der Waals surface area contributed by atoms with Crippen LogP contribution in [0.5, 0.6) is 0 Å². The van der Waals surface area contributed by atoms with Gasteiger partial charge in [-0.15, -0.1) is 0 Å². The maximum Gasteiger partial charge on any atom is 0.465 e. The first-order chi connectivity index (χ1) is 23.6. The van der Waals surface area contributed by atoms with E-state index < -0.39 is 143 Å². The fourth-order valence-corrected chi connectivity index (χ4v) is 7.16. The van der Waals surface area contributed by atoms with Crippen LogP contribution in [0.25, 0.3) is 0 Å². The van der Waals surface area contributed by atoms with Crippen LogP contribution in [0.1, 0.15) is 32.1 Å². The first kappa shape index (κ1) is 42.9. The van der Waals surface area contributed by atoms with Crippen molar-refractivity contribution in [3.05, 3.63) is 0 Å². The highest BCUT2D eigenvalue weighted by Crippen LogP contribution is 2.64. The molecule has 53 heavy (non-hydrogen) atoms. The van der Waals surface area contributed by atoms with Crippen molar-refractivity contribution in [2.24, 2.45) is 23.7 Å². The molecule has 4 atom stereocenters. The predicted molar refractivity (Wildman–Crippen MR) is 130 cm³/mol. The molecule has 5 fully saturated rings. The number of ether oxygens (including phenoxy) is 5. The van der Waals surface area contributed by atoms with Gasteiger partial charge in [-0.2, -0.15) is 78.7 Å². The fraction of sp³-hybridized carbons (Fsp3) is 0.880. The second-order valence-electron chi connectivity index (χ2n) is 12.9. The van der Waals surface area contributed by atoms with Crippen molar-refractivity contribution in [3.8, 4) is 0 Å². The van der Waals surface area contributed by atoms with E-state index in [2.05, 4.69) is 9.47 Å². The number of hydrogen-bond acceptors (Lipinski definition) is 10. The van der Waals surface area contributed by atoms with Gasteiger partial charge in [-0.05, 0) is 38.0 Å². The minimum atomic E-state index is -6.94. The molecule has 1 spiro atoms. The lowest BCUT2D eigenvalue weighted by Gasteiger charge is -2.64. The third-order valence-corrected chi connectivity index (χ3v) is 10.1. The molecule has 0 amide bonds. The van der Waals surface area contributed by atoms with Crippen LogP contribution in [0, 0.1) is 23.7 Å². The molecule has 5 rings (SSSR count). The average molecular weight is 834 g/mol. The maximum absolute atomic E-state index is 14.0. The molecule has 4 bridgehead atoms. The summed E-state index contributed by atoms with van der Waals surface area (Å²) in [6, 6.07) is 0. The second kappa shape index (κ2) is 12.8. The fourth-order valence-electron chi connectivity index (χ4n) is 6.90. The molecule has 0 aromatic rings. The molecule has 0 aromatic carbocycles. The van der Waals surface area contributed by atoms with Crippen molar-refractivity contribution in [1.82, 2.24) is 0 Å². The van der Waals surface area contributed by atoms with E-state index in [1.54, 1.807) is 0 Å². The number of carbonyl (C=O) groups excluding carboxylic acids is 3. The van der Waals surface area contributed by atoms with Crippen LogP contribution in [0.15, 0.2) is 0 Å². The quantitative estimate of drug-likeness (QED) is 0.129. The van der Waals surface area contributed by atoms with Crippen LogP contribution in [-0.4, -0.2) is 109 Å². The number of hydrogen-bond donors (Lipinski definition) is 1. The monoisotopic (exact) mass is 834 g/mol. The van der Waals surface area contributed by atoms with E-state index in [0.717, 1.165) is 0 Å². The lowest BCUT2D eigenvalue weighted by Crippen LogP contribution is -2.70. The predicted octanol–water partition coefficient (Wildman–Crippen LogP) is 5.07. The third kappa shape index (κ3) is 7.19. The van der Waals surface area contributed by atoms with Gasteiger partial charge in [0.1, 0.15) is 11.5 Å². The zero-order chi connectivity index (χ0) is 40.8. The standard InChI is InChI=1S/C25H22F16O11S/c26-18(27,22(32,33)24(36,37)38)7-48-14(42)12-6-50-20(51-13(12)15(43)49-8-19(28,29)23(34,35)25(39,40)41)10-1-9-2-11(20)5-17(3-9,4-10)52-16(44)21(30,31)53(45,46)47/h9-13H,1-8H2,(H,45,46,47). The van der Waals surface area contributed by atoms with E-state index in [-0.39, 0.29) is 19.3 Å². The molecule has 306 valence electrons. The summed E-state index contributed by atoms with van der Waals surface area (Å²) in [5.74, 6) is -42.0. The molecule has 11 nitrogen and oxygen atoms in total. The van der Waals surface area contributed by atoms with E-state index in [1.807, 2.05) is 0 Å². The molecule has 1 saturated heterocycles. The zero-order valence-electron chi connectivity index (χ0n) is 25.5. The Morgan fingerprint density at radius 3 is 1.55 bits per heavy atom. The van der Waals surface area contributed by atoms with Crippen molar-refractivity contribution in [3.63, 3.8) is 0 Å². The molecular formula is C25H22F16O11S. The van der Waals surface area contributed by atoms with Gasteiger partial charge in [0.25, 0.3) is 0 Å². The maximum atomic E-state index is 14.0. The molecule has 1 aliphatic heterocycles. The average Bonchev–Trinajstić information content (AvgIpc) is 2.99. The highest BCUT2D eigenvalue weighted by atomic mass is 32.2. The molecule has 1 N–H and O–H groups in total. The number of esters is 3. The molecular weight excluding hydrogens is 812 g/mol. The van der Waals surface area contributed by atoms with E-state index in [0.29, 0.717) is 0 Å². The summed E-state index contributed by atoms with van der Waals surface area (Å²) in [7, 11) is -6.37. The molecule has 28 heteroatoms. The normalized spacial score (nSPS) is 31.4. The zero-order valence-corrected chi connectivity index (χ0v) is 26.3. The Hall–Kier alpha value is -2.88. The van der Waals surface area contributed by atoms with Gasteiger partial charge in [0.05, 0.1) is 6.61 Å². The van der Waals surface area contributed by atoms with Gasteiger partial charge in [-0.3, -0.25) is 9.35 Å². The molecule has 0 aromatic heterocycles. The van der Waals surface area contributed by atoms with Gasteiger partial charge in [0.2, 0.25) is 0 Å². The second-order valence-corrected chi connectivity index (χ2v) is 14.3. The van der Waals surface area contributed by atoms with Crippen molar-refractivity contribution in [2.45, 2.75) is 90.9 Å². The van der Waals surface area contributed by atoms with Crippen LogP contribution in [0.3, 0.4) is 0 Å². The smallest absolute Gasteiger partial charge is 0.459 e. The molecule has 5 aliphatic rings. The number of carbonyl (C=O) groups is 3. The topological polar surface area (TPSA) is 152 Å². The Morgan fingerprint density at radius 2 is 1.13 bits per heavy atom. The Bertz CT molecular complexity index is 1560. The summed E-state index contributed by atoms with van der Waals surface area (Å²) >= 11 is 0. The summed E-state index contributed by atoms with van der Waals surface area (Å²) in [6.07, 6.45) is -18.6. The summed E-state index contributed by atoms with van der Waals surface area (Å²) in [6.45, 7) is -7.59. The van der Waals surface area contributed by atoms with Crippen molar-refractivity contribution >= 4 is 28.0 Å². The van der Waals surface area contributed by atoms with E-state index in [1.165, 1.54) is 0 Å². The highest BCUT2D eigenvalue weighted by molar-refractivity contribution is 7.87. The summed E-state index contributed by atoms with van der Waals surface area (Å²) in [4.78, 5) is 37.8. The Morgan fingerprint density at radius 1 is 0.698 bits per heavy atom. The lowest BCUT2D eigenvalue weighted by atomic mass is 9.51. The number of halogens is 16. The number of alkyl halides is 16. The molecule has 0 radical (unpaired) electrons. The summed E-state index contributed by atoms with van der Waals surface area (Å²) in [5, 5.41) is -5.49. The van der Waals surface area contributed by atoms with E-state index in [9.17, 15) is 93.0 Å². The van der Waals surface area contributed by atoms with Gasteiger partial charge in [0, 0.05) is 11.8 Å². The minimum absolute atomic E-state index is 0.129. The first-order valence-electron chi connectivity index (χ1n) is 14.5. The van der Waals surface area contributed by atoms with Gasteiger partial charge in [-0.1, -0.05) is 0 Å². The SMILES string of the molecule is O=C(OCC(F)(F)C(F)(F)C(F)(F)F)C1COC2(OC1C(=O)OCC(F)(F)C(F)(F)C(F)(F)F)C1CC3CC2CC(OC(=O)C(F)(F)S(=O)(=O)O)(C3)C1. The van der Waals surface area contributed by atoms with Crippen molar-refractivity contribution in [2.75, 3.05) is 19.8 Å². The van der Waals surface area contributed by atoms with Gasteiger partial charge < -0.3 is 23.7 Å². The highest BCUT2D eigenvalue weighted by Gasteiger charge is 2.75. The van der Waals surface area contributed by atoms with E-state index >= 15 is 0 Å². The van der Waals surface area contributed by atoms with Crippen molar-refractivity contribution in [1.29, 1.82) is 0 Å². The van der Waals surface area contributed by atoms with Gasteiger partial charge in [-0.25, -0.2) is 9.59 Å². The minimum Gasteiger partial charge on any atom is -0.459 e. The molecule has 1 heterocycles. The van der Waals surface area contributed by atoms with Crippen molar-refractivity contribution < 1.29 is 121 Å². The van der Waals surface area contributed by atoms with Crippen LogP contribution < -0.4 is 0 Å². The summed E-state index contributed by atoms with van der Waals surface area (Å²) < 4.78 is 267. The van der Waals surface area contributed by atoms with Crippen LogP contribution in [-0.2, 0) is 48.2 Å². The molecule has 4 saturated carbocycles. The van der Waals surface area contributed by atoms with Gasteiger partial charge >= 0.3 is 69.3 Å². The Labute approximate surface area is 284 Å². The van der Waals surface area contributed by atoms with Crippen LogP contribution in [0.4, 0.5) is 70.2 Å². The third-order valence-electron chi connectivity index (χ3n) is 9.26. The Kier molecular flexibility index (Phi) is 10.4.